The van der Waals surface area contributed by atoms with E-state index in [9.17, 15) is 13.2 Å². The van der Waals surface area contributed by atoms with E-state index < -0.39 is 21.5 Å². The molecule has 0 radical (unpaired) electrons. The normalized spacial score (nSPS) is 15.0. The molecule has 1 N–H and O–H groups in total. The van der Waals surface area contributed by atoms with Crippen LogP contribution in [0.1, 0.15) is 5.56 Å². The number of benzene rings is 2. The molecule has 6 nitrogen and oxygen atoms in total. The second-order valence-electron chi connectivity index (χ2n) is 7.13. The first-order chi connectivity index (χ1) is 13.9. The minimum Gasteiger partial charge on any atom is -0.369 e. The van der Waals surface area contributed by atoms with Crippen molar-refractivity contribution in [2.45, 2.75) is 11.8 Å². The van der Waals surface area contributed by atoms with Crippen LogP contribution in [0.25, 0.3) is 0 Å². The zero-order chi connectivity index (χ0) is 20.9. The molecule has 1 aliphatic heterocycles. The number of hydrogen-bond acceptors (Lipinski definition) is 5. The van der Waals surface area contributed by atoms with Crippen LogP contribution in [0.5, 0.6) is 0 Å². The number of carbonyl (C=O) groups excluding carboxylic acids is 1. The number of hydrogen-bond donors (Lipinski definition) is 1. The maximum atomic E-state index is 12.4. The Balaban J connectivity index is 1.56. The Morgan fingerprint density at radius 2 is 1.66 bits per heavy atom. The van der Waals surface area contributed by atoms with Crippen molar-refractivity contribution in [3.63, 3.8) is 0 Å². The summed E-state index contributed by atoms with van der Waals surface area (Å²) in [7, 11) is -3.67. The van der Waals surface area contributed by atoms with Crippen LogP contribution in [-0.2, 0) is 14.6 Å². The van der Waals surface area contributed by atoms with Crippen LogP contribution < -0.4 is 10.2 Å². The Kier molecular flexibility index (Phi) is 6.57. The predicted molar refractivity (Wildman–Crippen MR) is 116 cm³/mol. The van der Waals surface area contributed by atoms with Gasteiger partial charge in [0.05, 0.1) is 11.4 Å². The molecule has 0 saturated carbocycles. The van der Waals surface area contributed by atoms with Gasteiger partial charge in [0, 0.05) is 37.6 Å². The van der Waals surface area contributed by atoms with E-state index in [4.69, 9.17) is 6.42 Å². The first-order valence-corrected chi connectivity index (χ1v) is 11.1. The molecule has 29 heavy (non-hydrogen) atoms. The largest absolute Gasteiger partial charge is 0.369 e. The van der Waals surface area contributed by atoms with Gasteiger partial charge in [-0.05, 0) is 43.3 Å². The summed E-state index contributed by atoms with van der Waals surface area (Å²) in [5.74, 6) is 1.53. The summed E-state index contributed by atoms with van der Waals surface area (Å²) in [5, 5.41) is 2.67. The molecule has 0 unspecified atom stereocenters. The molecular weight excluding hydrogens is 386 g/mol. The van der Waals surface area contributed by atoms with Crippen molar-refractivity contribution in [1.29, 1.82) is 0 Å². The number of anilines is 2. The molecule has 0 bridgehead atoms. The maximum absolute atomic E-state index is 12.4. The van der Waals surface area contributed by atoms with Crippen molar-refractivity contribution in [2.24, 2.45) is 0 Å². The zero-order valence-corrected chi connectivity index (χ0v) is 17.3. The number of rotatable bonds is 6. The SMILES string of the molecule is C#CCN1CCN(c2ccc(NC(=O)CS(=O)(=O)c3ccc(C)cc3)cc2)CC1. The first-order valence-electron chi connectivity index (χ1n) is 9.47. The topological polar surface area (TPSA) is 69.7 Å². The van der Waals surface area contributed by atoms with Crippen molar-refractivity contribution in [3.05, 3.63) is 54.1 Å². The quantitative estimate of drug-likeness (QED) is 0.738. The van der Waals surface area contributed by atoms with Gasteiger partial charge >= 0.3 is 0 Å². The molecule has 1 aliphatic rings. The molecule has 0 aliphatic carbocycles. The van der Waals surface area contributed by atoms with Crippen LogP contribution in [0.3, 0.4) is 0 Å². The van der Waals surface area contributed by atoms with Crippen LogP contribution in [0.15, 0.2) is 53.4 Å². The Labute approximate surface area is 172 Å². The average Bonchev–Trinajstić information content (AvgIpc) is 2.69. The lowest BCUT2D eigenvalue weighted by Gasteiger charge is -2.35. The molecule has 1 heterocycles. The summed E-state index contributed by atoms with van der Waals surface area (Å²) < 4.78 is 24.8. The lowest BCUT2D eigenvalue weighted by molar-refractivity contribution is -0.113. The van der Waals surface area contributed by atoms with E-state index in [1.54, 1.807) is 24.3 Å². The molecule has 0 atom stereocenters. The number of carbonyl (C=O) groups is 1. The van der Waals surface area contributed by atoms with Crippen LogP contribution in [0, 0.1) is 19.3 Å². The van der Waals surface area contributed by atoms with E-state index >= 15 is 0 Å². The van der Waals surface area contributed by atoms with Crippen LogP contribution in [0.4, 0.5) is 11.4 Å². The number of piperazine rings is 1. The van der Waals surface area contributed by atoms with E-state index in [2.05, 4.69) is 21.0 Å². The molecule has 0 aromatic heterocycles. The first kappa shape index (κ1) is 20.9. The van der Waals surface area contributed by atoms with Gasteiger partial charge in [0.1, 0.15) is 5.75 Å². The summed E-state index contributed by atoms with van der Waals surface area (Å²) in [6.07, 6.45) is 5.36. The second-order valence-corrected chi connectivity index (χ2v) is 9.12. The third-order valence-electron chi connectivity index (χ3n) is 4.90. The third-order valence-corrected chi connectivity index (χ3v) is 6.54. The summed E-state index contributed by atoms with van der Waals surface area (Å²) in [6.45, 7) is 6.16. The molecule has 2 aromatic rings. The standard InChI is InChI=1S/C22H25N3O3S/c1-3-12-24-13-15-25(16-14-24)20-8-6-19(7-9-20)23-22(26)17-29(27,28)21-10-4-18(2)5-11-21/h1,4-11H,12-17H2,2H3,(H,23,26). The maximum Gasteiger partial charge on any atom is 0.239 e. The molecule has 2 aromatic carbocycles. The highest BCUT2D eigenvalue weighted by Gasteiger charge is 2.20. The Hall–Kier alpha value is -2.82. The smallest absolute Gasteiger partial charge is 0.239 e. The van der Waals surface area contributed by atoms with Gasteiger partial charge in [-0.2, -0.15) is 0 Å². The van der Waals surface area contributed by atoms with Gasteiger partial charge in [0.25, 0.3) is 0 Å². The molecule has 7 heteroatoms. The number of amides is 1. The summed E-state index contributed by atoms with van der Waals surface area (Å²) in [4.78, 5) is 16.9. The monoisotopic (exact) mass is 411 g/mol. The molecule has 1 fully saturated rings. The molecule has 0 spiro atoms. The summed E-state index contributed by atoms with van der Waals surface area (Å²) in [5.41, 5.74) is 2.60. The minimum atomic E-state index is -3.67. The van der Waals surface area contributed by atoms with E-state index in [0.29, 0.717) is 12.2 Å². The number of nitrogens with one attached hydrogen (secondary N) is 1. The lowest BCUT2D eigenvalue weighted by atomic mass is 10.2. The second kappa shape index (κ2) is 9.12. The fraction of sp³-hybridized carbons (Fsp3) is 0.318. The lowest BCUT2D eigenvalue weighted by Crippen LogP contribution is -2.46. The van der Waals surface area contributed by atoms with E-state index in [-0.39, 0.29) is 4.90 Å². The molecule has 1 amide bonds. The summed E-state index contributed by atoms with van der Waals surface area (Å²) >= 11 is 0. The van der Waals surface area contributed by atoms with Crippen molar-refractivity contribution >= 4 is 27.1 Å². The fourth-order valence-electron chi connectivity index (χ4n) is 3.25. The Morgan fingerprint density at radius 3 is 2.24 bits per heavy atom. The van der Waals surface area contributed by atoms with Crippen LogP contribution in [0.2, 0.25) is 0 Å². The number of aryl methyl sites for hydroxylation is 1. The van der Waals surface area contributed by atoms with Crippen LogP contribution in [-0.4, -0.2) is 57.7 Å². The molecule has 152 valence electrons. The Morgan fingerprint density at radius 1 is 1.03 bits per heavy atom. The van der Waals surface area contributed by atoms with Crippen LogP contribution >= 0.6 is 0 Å². The average molecular weight is 412 g/mol. The van der Waals surface area contributed by atoms with Crippen molar-refractivity contribution < 1.29 is 13.2 Å². The molecular formula is C22H25N3O3S. The highest BCUT2D eigenvalue weighted by molar-refractivity contribution is 7.92. The van der Waals surface area contributed by atoms with Crippen molar-refractivity contribution in [2.75, 3.05) is 48.7 Å². The third kappa shape index (κ3) is 5.59. The van der Waals surface area contributed by atoms with Crippen molar-refractivity contribution in [1.82, 2.24) is 4.90 Å². The van der Waals surface area contributed by atoms with Crippen molar-refractivity contribution in [3.8, 4) is 12.3 Å². The van der Waals surface area contributed by atoms with Gasteiger partial charge < -0.3 is 10.2 Å². The zero-order valence-electron chi connectivity index (χ0n) is 16.5. The highest BCUT2D eigenvalue weighted by atomic mass is 32.2. The fourth-order valence-corrected chi connectivity index (χ4v) is 4.38. The summed E-state index contributed by atoms with van der Waals surface area (Å²) in [6, 6.07) is 13.9. The van der Waals surface area contributed by atoms with Gasteiger partial charge in [-0.25, -0.2) is 8.42 Å². The van der Waals surface area contributed by atoms with Gasteiger partial charge in [-0.1, -0.05) is 23.6 Å². The number of nitrogens with zero attached hydrogens (tertiary/aromatic N) is 2. The number of sulfone groups is 1. The van der Waals surface area contributed by atoms with Gasteiger partial charge in [-0.3, -0.25) is 9.69 Å². The highest BCUT2D eigenvalue weighted by Crippen LogP contribution is 2.20. The van der Waals surface area contributed by atoms with E-state index in [1.807, 2.05) is 19.1 Å². The van der Waals surface area contributed by atoms with E-state index in [0.717, 1.165) is 37.4 Å². The van der Waals surface area contributed by atoms with Gasteiger partial charge in [-0.15, -0.1) is 6.42 Å². The predicted octanol–water partition coefficient (Wildman–Crippen LogP) is 2.16. The number of terminal acetylenes is 1. The van der Waals surface area contributed by atoms with Gasteiger partial charge in [0.2, 0.25) is 5.91 Å². The van der Waals surface area contributed by atoms with E-state index in [1.165, 1.54) is 12.1 Å². The minimum absolute atomic E-state index is 0.151. The molecule has 3 rings (SSSR count). The van der Waals surface area contributed by atoms with Gasteiger partial charge in [0.15, 0.2) is 9.84 Å². The Bertz CT molecular complexity index is 985. The molecule has 1 saturated heterocycles.